The van der Waals surface area contributed by atoms with E-state index in [1.54, 1.807) is 17.0 Å². The van der Waals surface area contributed by atoms with Crippen LogP contribution in [-0.4, -0.2) is 35.5 Å². The molecule has 0 heterocycles. The molecule has 47 heavy (non-hydrogen) atoms. The third-order valence-corrected chi connectivity index (χ3v) is 8.75. The predicted molar refractivity (Wildman–Crippen MR) is 183 cm³/mol. The number of anilines is 2. The largest absolute Gasteiger partial charge is 0.477 e. The molecule has 3 N–H and O–H groups in total. The third kappa shape index (κ3) is 9.27. The number of rotatable bonds is 9. The number of allylic oxidation sites excluding steroid dienone is 2. The Hall–Kier alpha value is -4.53. The summed E-state index contributed by atoms with van der Waals surface area (Å²) in [5, 5.41) is 13.6. The van der Waals surface area contributed by atoms with Gasteiger partial charge in [0.1, 0.15) is 0 Å². The van der Waals surface area contributed by atoms with Crippen molar-refractivity contribution < 1.29 is 28.3 Å². The summed E-state index contributed by atoms with van der Waals surface area (Å²) in [5.74, 6) is -6.57. The molecule has 1 unspecified atom stereocenters. The van der Waals surface area contributed by atoms with E-state index in [4.69, 9.17) is 5.11 Å². The summed E-state index contributed by atoms with van der Waals surface area (Å²) in [6, 6.07) is 21.5. The van der Waals surface area contributed by atoms with Crippen LogP contribution in [-0.2, 0) is 16.8 Å². The van der Waals surface area contributed by atoms with Crippen molar-refractivity contribution in [3.05, 3.63) is 101 Å². The molecular formula is C38H45F2N3O4. The lowest BCUT2D eigenvalue weighted by Gasteiger charge is -2.33. The van der Waals surface area contributed by atoms with Crippen LogP contribution >= 0.6 is 0 Å². The number of nitrogens with zero attached hydrogens (tertiary/aromatic N) is 1. The molecule has 1 aliphatic rings. The number of hydrogen-bond donors (Lipinski definition) is 3. The van der Waals surface area contributed by atoms with Crippen molar-refractivity contribution in [1.82, 2.24) is 5.32 Å². The molecule has 3 aromatic rings. The SMILES string of the molecule is CC(C)(C)c1cccc(NC(=O)N(Cc2ccc(C(=O)NCC(F)(F)C(=O)O)cc2)c2ccc(C3=CCC(C(C)(C)C)CC3)cc2)c1. The Kier molecular flexibility index (Phi) is 10.6. The summed E-state index contributed by atoms with van der Waals surface area (Å²) in [6.07, 6.45) is 5.51. The molecule has 0 aliphatic heterocycles. The molecule has 3 aromatic carbocycles. The zero-order valence-electron chi connectivity index (χ0n) is 28.0. The highest BCUT2D eigenvalue weighted by Gasteiger charge is 2.39. The Bertz CT molecular complexity index is 1620. The van der Waals surface area contributed by atoms with Gasteiger partial charge in [0.05, 0.1) is 13.1 Å². The minimum Gasteiger partial charge on any atom is -0.477 e. The van der Waals surface area contributed by atoms with Crippen LogP contribution < -0.4 is 15.5 Å². The average molecular weight is 646 g/mol. The lowest BCUT2D eigenvalue weighted by molar-refractivity contribution is -0.163. The van der Waals surface area contributed by atoms with Gasteiger partial charge in [-0.1, -0.05) is 84.0 Å². The lowest BCUT2D eigenvalue weighted by Crippen LogP contribution is -2.42. The number of halogens is 2. The number of carboxylic acids is 1. The zero-order valence-corrected chi connectivity index (χ0v) is 28.0. The number of urea groups is 1. The normalized spacial score (nSPS) is 15.4. The van der Waals surface area contributed by atoms with Gasteiger partial charge >= 0.3 is 17.9 Å². The monoisotopic (exact) mass is 645 g/mol. The predicted octanol–water partition coefficient (Wildman–Crippen LogP) is 8.90. The second-order valence-corrected chi connectivity index (χ2v) is 14.3. The first-order valence-corrected chi connectivity index (χ1v) is 15.9. The number of carbonyl (C=O) groups excluding carboxylic acids is 2. The van der Waals surface area contributed by atoms with E-state index in [-0.39, 0.29) is 29.0 Å². The van der Waals surface area contributed by atoms with Gasteiger partial charge in [-0.3, -0.25) is 9.69 Å². The molecule has 1 aliphatic carbocycles. The van der Waals surface area contributed by atoms with E-state index in [1.165, 1.54) is 17.7 Å². The van der Waals surface area contributed by atoms with Gasteiger partial charge in [0.2, 0.25) is 0 Å². The van der Waals surface area contributed by atoms with Crippen molar-refractivity contribution in [3.8, 4) is 0 Å². The second kappa shape index (κ2) is 14.1. The summed E-state index contributed by atoms with van der Waals surface area (Å²) < 4.78 is 26.9. The second-order valence-electron chi connectivity index (χ2n) is 14.3. The first-order chi connectivity index (χ1) is 21.9. The molecule has 0 saturated carbocycles. The molecule has 7 nitrogen and oxygen atoms in total. The fraction of sp³-hybridized carbons (Fsp3) is 0.395. The Labute approximate surface area is 276 Å². The Morgan fingerprint density at radius 2 is 1.57 bits per heavy atom. The Balaban J connectivity index is 1.56. The highest BCUT2D eigenvalue weighted by Crippen LogP contribution is 2.40. The summed E-state index contributed by atoms with van der Waals surface area (Å²) in [4.78, 5) is 38.5. The minimum absolute atomic E-state index is 0.0868. The number of hydrogen-bond acceptors (Lipinski definition) is 3. The number of amides is 3. The van der Waals surface area contributed by atoms with E-state index in [9.17, 15) is 23.2 Å². The third-order valence-electron chi connectivity index (χ3n) is 8.75. The number of carboxylic acid groups (broad SMARTS) is 1. The number of alkyl halides is 2. The first kappa shape index (κ1) is 35.3. The zero-order chi connectivity index (χ0) is 34.6. The molecule has 4 rings (SSSR count). The number of benzene rings is 3. The van der Waals surface area contributed by atoms with Crippen LogP contribution in [0.25, 0.3) is 5.57 Å². The van der Waals surface area contributed by atoms with Gasteiger partial charge in [0, 0.05) is 16.9 Å². The molecule has 1 atom stereocenters. The maximum Gasteiger partial charge on any atom is 0.376 e. The van der Waals surface area contributed by atoms with Crippen molar-refractivity contribution in [1.29, 1.82) is 0 Å². The summed E-state index contributed by atoms with van der Waals surface area (Å²) in [6.45, 7) is 12.0. The molecule has 0 spiro atoms. The van der Waals surface area contributed by atoms with Gasteiger partial charge in [-0.25, -0.2) is 9.59 Å². The van der Waals surface area contributed by atoms with Gasteiger partial charge in [-0.15, -0.1) is 0 Å². The van der Waals surface area contributed by atoms with Crippen LogP contribution in [0.4, 0.5) is 25.0 Å². The van der Waals surface area contributed by atoms with Crippen LogP contribution in [0.1, 0.15) is 87.9 Å². The highest BCUT2D eigenvalue weighted by molar-refractivity contribution is 6.02. The van der Waals surface area contributed by atoms with Crippen LogP contribution in [0.15, 0.2) is 78.9 Å². The van der Waals surface area contributed by atoms with Gasteiger partial charge in [0.25, 0.3) is 5.91 Å². The number of carbonyl (C=O) groups is 3. The first-order valence-electron chi connectivity index (χ1n) is 15.9. The van der Waals surface area contributed by atoms with Gasteiger partial charge in [0.15, 0.2) is 0 Å². The molecule has 0 aromatic heterocycles. The number of aliphatic carboxylic acids is 1. The number of nitrogens with one attached hydrogen (secondary N) is 2. The highest BCUT2D eigenvalue weighted by atomic mass is 19.3. The van der Waals surface area contributed by atoms with Gasteiger partial charge < -0.3 is 15.7 Å². The van der Waals surface area contributed by atoms with E-state index in [1.807, 2.05) is 53.8 Å². The van der Waals surface area contributed by atoms with Gasteiger partial charge in [-0.2, -0.15) is 8.78 Å². The van der Waals surface area contributed by atoms with Crippen LogP contribution in [0.2, 0.25) is 0 Å². The van der Waals surface area contributed by atoms with Crippen LogP contribution in [0.3, 0.4) is 0 Å². The average Bonchev–Trinajstić information content (AvgIpc) is 3.02. The fourth-order valence-corrected chi connectivity index (χ4v) is 5.59. The van der Waals surface area contributed by atoms with E-state index in [0.717, 1.165) is 30.4 Å². The molecular weight excluding hydrogens is 600 g/mol. The standard InChI is InChI=1S/C38H45F2N3O4/c1-36(2,3)29-18-14-26(15-19-29)27-16-20-32(21-17-27)43(35(47)42-31-9-7-8-30(22-31)37(4,5)6)23-25-10-12-28(13-11-25)33(44)41-24-38(39,40)34(45)46/h7-14,16-17,20-22,29H,15,18-19,23-24H2,1-6H3,(H,41,44)(H,42,47)(H,45,46). The van der Waals surface area contributed by atoms with Gasteiger partial charge in [-0.05, 0) is 94.7 Å². The molecule has 3 amide bonds. The smallest absolute Gasteiger partial charge is 0.376 e. The van der Waals surface area contributed by atoms with Crippen molar-refractivity contribution in [3.63, 3.8) is 0 Å². The molecule has 0 bridgehead atoms. The van der Waals surface area contributed by atoms with Crippen molar-refractivity contribution in [2.75, 3.05) is 16.8 Å². The molecule has 0 saturated heterocycles. The Morgan fingerprint density at radius 3 is 2.13 bits per heavy atom. The quantitative estimate of drug-likeness (QED) is 0.216. The van der Waals surface area contributed by atoms with Crippen LogP contribution in [0, 0.1) is 11.3 Å². The van der Waals surface area contributed by atoms with Crippen molar-refractivity contribution in [2.45, 2.75) is 78.7 Å². The van der Waals surface area contributed by atoms with Crippen molar-refractivity contribution >= 4 is 34.9 Å². The van der Waals surface area contributed by atoms with E-state index >= 15 is 0 Å². The molecule has 0 fully saturated rings. The van der Waals surface area contributed by atoms with Crippen LogP contribution in [0.5, 0.6) is 0 Å². The molecule has 250 valence electrons. The van der Waals surface area contributed by atoms with Crippen molar-refractivity contribution in [2.24, 2.45) is 11.3 Å². The van der Waals surface area contributed by atoms with E-state index in [0.29, 0.717) is 22.9 Å². The molecule has 9 heteroatoms. The van der Waals surface area contributed by atoms with E-state index in [2.05, 4.69) is 52.9 Å². The Morgan fingerprint density at radius 1 is 0.915 bits per heavy atom. The minimum atomic E-state index is -4.08. The maximum atomic E-state index is 13.8. The summed E-state index contributed by atoms with van der Waals surface area (Å²) in [7, 11) is 0. The lowest BCUT2D eigenvalue weighted by atomic mass is 9.72. The summed E-state index contributed by atoms with van der Waals surface area (Å²) in [5.41, 5.74) is 5.81. The topological polar surface area (TPSA) is 98.7 Å². The maximum absolute atomic E-state index is 13.8. The van der Waals surface area contributed by atoms with E-state index < -0.39 is 24.3 Å². The fourth-order valence-electron chi connectivity index (χ4n) is 5.59. The molecule has 0 radical (unpaired) electrons. The summed E-state index contributed by atoms with van der Waals surface area (Å²) >= 11 is 0.